The highest BCUT2D eigenvalue weighted by Crippen LogP contribution is 2.42. The van der Waals surface area contributed by atoms with Crippen LogP contribution in [0.15, 0.2) is 6.07 Å². The Labute approximate surface area is 103 Å². The molecule has 2 rings (SSSR count). The van der Waals surface area contributed by atoms with E-state index < -0.39 is 0 Å². The molecular formula is C13H21N3O. The Kier molecular flexibility index (Phi) is 3.33. The fourth-order valence-corrected chi connectivity index (χ4v) is 2.26. The predicted molar refractivity (Wildman–Crippen MR) is 67.5 cm³/mol. The molecule has 17 heavy (non-hydrogen) atoms. The molecule has 0 spiro atoms. The number of methoxy groups -OCH3 is 1. The van der Waals surface area contributed by atoms with Crippen LogP contribution in [0.25, 0.3) is 0 Å². The molecule has 1 saturated carbocycles. The van der Waals surface area contributed by atoms with Gasteiger partial charge in [0.15, 0.2) is 5.82 Å². The van der Waals surface area contributed by atoms with Gasteiger partial charge in [0.1, 0.15) is 11.4 Å². The number of nitrogens with zero attached hydrogens (tertiary/aromatic N) is 2. The van der Waals surface area contributed by atoms with E-state index >= 15 is 0 Å². The SMILES string of the molecule is COC1(c2nc(N)cc(CC(C)C)n2)CCC1. The van der Waals surface area contributed by atoms with Crippen LogP contribution in [0.3, 0.4) is 0 Å². The maximum Gasteiger partial charge on any atom is 0.162 e. The lowest BCUT2D eigenvalue weighted by atomic mass is 9.79. The van der Waals surface area contributed by atoms with E-state index in [4.69, 9.17) is 10.5 Å². The molecular weight excluding hydrogens is 214 g/mol. The van der Waals surface area contributed by atoms with Gasteiger partial charge >= 0.3 is 0 Å². The molecule has 0 atom stereocenters. The van der Waals surface area contributed by atoms with Crippen LogP contribution >= 0.6 is 0 Å². The van der Waals surface area contributed by atoms with Gasteiger partial charge in [-0.05, 0) is 31.6 Å². The Balaban J connectivity index is 2.31. The van der Waals surface area contributed by atoms with Crippen LogP contribution in [0, 0.1) is 5.92 Å². The van der Waals surface area contributed by atoms with Gasteiger partial charge in [-0.2, -0.15) is 0 Å². The third-order valence-electron chi connectivity index (χ3n) is 3.38. The van der Waals surface area contributed by atoms with Crippen LogP contribution in [-0.2, 0) is 16.8 Å². The zero-order valence-electron chi connectivity index (χ0n) is 10.9. The van der Waals surface area contributed by atoms with Crippen molar-refractivity contribution in [1.82, 2.24) is 9.97 Å². The summed E-state index contributed by atoms with van der Waals surface area (Å²) >= 11 is 0. The molecule has 2 N–H and O–H groups in total. The highest BCUT2D eigenvalue weighted by atomic mass is 16.5. The first-order chi connectivity index (χ1) is 8.05. The van der Waals surface area contributed by atoms with Gasteiger partial charge < -0.3 is 10.5 Å². The van der Waals surface area contributed by atoms with Crippen molar-refractivity contribution in [2.24, 2.45) is 5.92 Å². The number of nitrogen functional groups attached to an aromatic ring is 1. The minimum Gasteiger partial charge on any atom is -0.384 e. The Hall–Kier alpha value is -1.16. The summed E-state index contributed by atoms with van der Waals surface area (Å²) in [4.78, 5) is 8.97. The van der Waals surface area contributed by atoms with E-state index in [0.717, 1.165) is 30.8 Å². The molecule has 0 amide bonds. The summed E-state index contributed by atoms with van der Waals surface area (Å²) in [7, 11) is 1.73. The molecule has 1 aromatic rings. The Bertz CT molecular complexity index is 394. The fraction of sp³-hybridized carbons (Fsp3) is 0.692. The largest absolute Gasteiger partial charge is 0.384 e. The summed E-state index contributed by atoms with van der Waals surface area (Å²) in [5.41, 5.74) is 6.60. The van der Waals surface area contributed by atoms with E-state index in [1.165, 1.54) is 6.42 Å². The second-order valence-corrected chi connectivity index (χ2v) is 5.26. The molecule has 1 fully saturated rings. The number of hydrogen-bond donors (Lipinski definition) is 1. The van der Waals surface area contributed by atoms with E-state index in [2.05, 4.69) is 23.8 Å². The van der Waals surface area contributed by atoms with Gasteiger partial charge in [0.2, 0.25) is 0 Å². The molecule has 0 aliphatic heterocycles. The summed E-state index contributed by atoms with van der Waals surface area (Å²) < 4.78 is 5.59. The van der Waals surface area contributed by atoms with Crippen molar-refractivity contribution in [1.29, 1.82) is 0 Å². The molecule has 4 heteroatoms. The first-order valence-corrected chi connectivity index (χ1v) is 6.25. The molecule has 0 radical (unpaired) electrons. The number of anilines is 1. The topological polar surface area (TPSA) is 61.0 Å². The molecule has 94 valence electrons. The molecule has 0 aromatic carbocycles. The van der Waals surface area contributed by atoms with Crippen LogP contribution in [0.4, 0.5) is 5.82 Å². The minimum absolute atomic E-state index is 0.277. The van der Waals surface area contributed by atoms with E-state index in [1.54, 1.807) is 7.11 Å². The van der Waals surface area contributed by atoms with Gasteiger partial charge in [0, 0.05) is 18.9 Å². The van der Waals surface area contributed by atoms with Crippen LogP contribution in [0.2, 0.25) is 0 Å². The van der Waals surface area contributed by atoms with Gasteiger partial charge in [-0.15, -0.1) is 0 Å². The number of aromatic nitrogens is 2. The van der Waals surface area contributed by atoms with Gasteiger partial charge in [0.05, 0.1) is 0 Å². The smallest absolute Gasteiger partial charge is 0.162 e. The molecule has 1 aliphatic carbocycles. The van der Waals surface area contributed by atoms with Crippen molar-refractivity contribution in [3.63, 3.8) is 0 Å². The number of nitrogens with two attached hydrogens (primary N) is 1. The molecule has 1 heterocycles. The minimum atomic E-state index is -0.277. The number of ether oxygens (including phenoxy) is 1. The molecule has 0 unspecified atom stereocenters. The normalized spacial score (nSPS) is 18.1. The van der Waals surface area contributed by atoms with E-state index in [9.17, 15) is 0 Å². The molecule has 1 aliphatic rings. The first kappa shape index (κ1) is 12.3. The molecule has 1 aromatic heterocycles. The second-order valence-electron chi connectivity index (χ2n) is 5.26. The average molecular weight is 235 g/mol. The van der Waals surface area contributed by atoms with Crippen molar-refractivity contribution in [2.75, 3.05) is 12.8 Å². The fourth-order valence-electron chi connectivity index (χ4n) is 2.26. The Morgan fingerprint density at radius 1 is 1.41 bits per heavy atom. The maximum atomic E-state index is 5.86. The molecule has 0 bridgehead atoms. The number of rotatable bonds is 4. The summed E-state index contributed by atoms with van der Waals surface area (Å²) in [6.07, 6.45) is 4.09. The zero-order chi connectivity index (χ0) is 12.5. The first-order valence-electron chi connectivity index (χ1n) is 6.25. The van der Waals surface area contributed by atoms with Crippen LogP contribution < -0.4 is 5.73 Å². The second kappa shape index (κ2) is 4.61. The van der Waals surface area contributed by atoms with Crippen LogP contribution in [0.1, 0.15) is 44.6 Å². The lowest BCUT2D eigenvalue weighted by Crippen LogP contribution is -2.38. The van der Waals surface area contributed by atoms with E-state index in [0.29, 0.717) is 11.7 Å². The Morgan fingerprint density at radius 2 is 2.12 bits per heavy atom. The quantitative estimate of drug-likeness (QED) is 0.869. The van der Waals surface area contributed by atoms with Crippen LogP contribution in [0.5, 0.6) is 0 Å². The van der Waals surface area contributed by atoms with Crippen molar-refractivity contribution in [3.8, 4) is 0 Å². The van der Waals surface area contributed by atoms with Crippen molar-refractivity contribution < 1.29 is 4.74 Å². The molecule has 0 saturated heterocycles. The molecule has 4 nitrogen and oxygen atoms in total. The van der Waals surface area contributed by atoms with Crippen molar-refractivity contribution >= 4 is 5.82 Å². The standard InChI is InChI=1S/C13H21N3O/c1-9(2)7-10-8-11(14)16-12(15-10)13(17-3)5-4-6-13/h8-9H,4-7H2,1-3H3,(H2,14,15,16). The summed E-state index contributed by atoms with van der Waals surface area (Å²) in [5, 5.41) is 0. The average Bonchev–Trinajstić information content (AvgIpc) is 2.14. The predicted octanol–water partition coefficient (Wildman–Crippen LogP) is 2.28. The third-order valence-corrected chi connectivity index (χ3v) is 3.38. The lowest BCUT2D eigenvalue weighted by Gasteiger charge is -2.39. The highest BCUT2D eigenvalue weighted by molar-refractivity contribution is 5.31. The van der Waals surface area contributed by atoms with E-state index in [-0.39, 0.29) is 5.60 Å². The van der Waals surface area contributed by atoms with Crippen molar-refractivity contribution in [2.45, 2.75) is 45.1 Å². The lowest BCUT2D eigenvalue weighted by molar-refractivity contribution is -0.0847. The Morgan fingerprint density at radius 3 is 2.59 bits per heavy atom. The van der Waals surface area contributed by atoms with E-state index in [1.807, 2.05) is 6.07 Å². The van der Waals surface area contributed by atoms with Gasteiger partial charge in [-0.3, -0.25) is 0 Å². The number of hydrogen-bond acceptors (Lipinski definition) is 4. The summed E-state index contributed by atoms with van der Waals surface area (Å²) in [6.45, 7) is 4.35. The van der Waals surface area contributed by atoms with Crippen LogP contribution in [-0.4, -0.2) is 17.1 Å². The summed E-state index contributed by atoms with van der Waals surface area (Å²) in [5.74, 6) is 1.88. The van der Waals surface area contributed by atoms with Gasteiger partial charge in [-0.25, -0.2) is 9.97 Å². The highest BCUT2D eigenvalue weighted by Gasteiger charge is 2.42. The monoisotopic (exact) mass is 235 g/mol. The van der Waals surface area contributed by atoms with Gasteiger partial charge in [0.25, 0.3) is 0 Å². The maximum absolute atomic E-state index is 5.86. The third kappa shape index (κ3) is 2.41. The van der Waals surface area contributed by atoms with Crippen molar-refractivity contribution in [3.05, 3.63) is 17.6 Å². The zero-order valence-corrected chi connectivity index (χ0v) is 10.9. The summed E-state index contributed by atoms with van der Waals surface area (Å²) in [6, 6.07) is 1.87. The van der Waals surface area contributed by atoms with Gasteiger partial charge in [-0.1, -0.05) is 13.8 Å².